The first-order valence-electron chi connectivity index (χ1n) is 6.85. The molecule has 0 spiro atoms. The molecule has 0 aromatic rings. The van der Waals surface area contributed by atoms with Crippen molar-refractivity contribution in [3.05, 3.63) is 0 Å². The molecular formula is C13H24O2S3. The van der Waals surface area contributed by atoms with Crippen LogP contribution >= 0.6 is 35.3 Å². The third kappa shape index (κ3) is 7.53. The fraction of sp³-hybridized carbons (Fsp3) is 1.00. The van der Waals surface area contributed by atoms with Crippen molar-refractivity contribution in [1.29, 1.82) is 0 Å². The van der Waals surface area contributed by atoms with Gasteiger partial charge in [-0.1, -0.05) is 6.92 Å². The predicted octanol–water partition coefficient (Wildman–Crippen LogP) is 3.01. The van der Waals surface area contributed by atoms with E-state index in [1.165, 1.54) is 40.9 Å². The van der Waals surface area contributed by atoms with Crippen LogP contribution in [0.4, 0.5) is 0 Å². The quantitative estimate of drug-likeness (QED) is 0.408. The number of epoxide rings is 2. The lowest BCUT2D eigenvalue weighted by molar-refractivity contribution is 0.426. The van der Waals surface area contributed by atoms with Crippen LogP contribution in [0.2, 0.25) is 0 Å². The third-order valence-corrected chi connectivity index (χ3v) is 6.56. The summed E-state index contributed by atoms with van der Waals surface area (Å²) in [6.45, 7) is 4.24. The Bertz CT molecular complexity index is 202. The molecule has 0 aromatic heterocycles. The van der Waals surface area contributed by atoms with Gasteiger partial charge in [0.15, 0.2) is 0 Å². The molecule has 2 heterocycles. The standard InChI is InChI=1S/C13H24O2S3/c1-2-16-4-3-11(7-17-9-12-5-14-12)8-18-10-13-6-15-13/h11-13H,2-10H2,1H3. The molecule has 2 unspecified atom stereocenters. The van der Waals surface area contributed by atoms with Crippen LogP contribution in [-0.2, 0) is 9.47 Å². The van der Waals surface area contributed by atoms with Crippen molar-refractivity contribution in [3.8, 4) is 0 Å². The van der Waals surface area contributed by atoms with E-state index >= 15 is 0 Å². The van der Waals surface area contributed by atoms with Gasteiger partial charge < -0.3 is 9.47 Å². The van der Waals surface area contributed by atoms with Gasteiger partial charge in [0.25, 0.3) is 0 Å². The molecule has 0 radical (unpaired) electrons. The zero-order valence-corrected chi connectivity index (χ0v) is 13.6. The summed E-state index contributed by atoms with van der Waals surface area (Å²) >= 11 is 6.24. The smallest absolute Gasteiger partial charge is 0.0900 e. The van der Waals surface area contributed by atoms with Crippen molar-refractivity contribution in [3.63, 3.8) is 0 Å². The summed E-state index contributed by atoms with van der Waals surface area (Å²) in [6, 6.07) is 0. The molecule has 2 nitrogen and oxygen atoms in total. The Kier molecular flexibility index (Phi) is 7.69. The van der Waals surface area contributed by atoms with E-state index in [9.17, 15) is 0 Å². The van der Waals surface area contributed by atoms with Gasteiger partial charge in [0.2, 0.25) is 0 Å². The van der Waals surface area contributed by atoms with Gasteiger partial charge in [0, 0.05) is 11.5 Å². The highest BCUT2D eigenvalue weighted by Gasteiger charge is 2.24. The van der Waals surface area contributed by atoms with Crippen LogP contribution in [0.3, 0.4) is 0 Å². The zero-order valence-electron chi connectivity index (χ0n) is 11.1. The van der Waals surface area contributed by atoms with Gasteiger partial charge in [-0.05, 0) is 35.4 Å². The van der Waals surface area contributed by atoms with Crippen molar-refractivity contribution in [2.75, 3.05) is 47.7 Å². The molecule has 2 aliphatic rings. The average molecular weight is 309 g/mol. The number of hydrogen-bond acceptors (Lipinski definition) is 5. The largest absolute Gasteiger partial charge is 0.372 e. The molecule has 2 aliphatic heterocycles. The molecule has 2 rings (SSSR count). The third-order valence-electron chi connectivity index (χ3n) is 2.99. The molecule has 2 atom stereocenters. The van der Waals surface area contributed by atoms with Crippen LogP contribution in [0.25, 0.3) is 0 Å². The Morgan fingerprint density at radius 2 is 1.56 bits per heavy atom. The fourth-order valence-corrected chi connectivity index (χ4v) is 5.03. The monoisotopic (exact) mass is 308 g/mol. The van der Waals surface area contributed by atoms with E-state index in [4.69, 9.17) is 9.47 Å². The Morgan fingerprint density at radius 3 is 2.00 bits per heavy atom. The van der Waals surface area contributed by atoms with Gasteiger partial charge in [-0.25, -0.2) is 0 Å². The molecule has 0 bridgehead atoms. The molecule has 2 fully saturated rings. The van der Waals surface area contributed by atoms with Crippen molar-refractivity contribution >= 4 is 35.3 Å². The number of ether oxygens (including phenoxy) is 2. The van der Waals surface area contributed by atoms with E-state index in [-0.39, 0.29) is 0 Å². The Hall–Kier alpha value is 0.970. The second-order valence-corrected chi connectivity index (χ2v) is 8.38. The maximum atomic E-state index is 5.26. The molecule has 5 heteroatoms. The van der Waals surface area contributed by atoms with Crippen molar-refractivity contribution in [1.82, 2.24) is 0 Å². The van der Waals surface area contributed by atoms with Crippen LogP contribution in [0.1, 0.15) is 13.3 Å². The van der Waals surface area contributed by atoms with Crippen molar-refractivity contribution in [2.24, 2.45) is 5.92 Å². The molecule has 0 saturated carbocycles. The molecule has 106 valence electrons. The second-order valence-electron chi connectivity index (χ2n) is 4.84. The lowest BCUT2D eigenvalue weighted by atomic mass is 10.1. The molecular weight excluding hydrogens is 284 g/mol. The molecule has 0 aliphatic carbocycles. The van der Waals surface area contributed by atoms with Gasteiger partial charge >= 0.3 is 0 Å². The first kappa shape index (κ1) is 15.4. The molecule has 2 saturated heterocycles. The maximum absolute atomic E-state index is 5.26. The highest BCUT2D eigenvalue weighted by molar-refractivity contribution is 8.00. The van der Waals surface area contributed by atoms with Gasteiger partial charge in [0.1, 0.15) is 0 Å². The van der Waals surface area contributed by atoms with E-state index in [2.05, 4.69) is 42.2 Å². The van der Waals surface area contributed by atoms with Crippen LogP contribution in [0.5, 0.6) is 0 Å². The normalized spacial score (nSPS) is 27.2. The second kappa shape index (κ2) is 9.01. The summed E-state index contributed by atoms with van der Waals surface area (Å²) in [5, 5.41) is 0. The van der Waals surface area contributed by atoms with Gasteiger partial charge in [-0.3, -0.25) is 0 Å². The lowest BCUT2D eigenvalue weighted by Crippen LogP contribution is -2.11. The van der Waals surface area contributed by atoms with Crippen LogP contribution in [-0.4, -0.2) is 59.9 Å². The van der Waals surface area contributed by atoms with E-state index in [0.29, 0.717) is 12.2 Å². The summed E-state index contributed by atoms with van der Waals surface area (Å²) in [7, 11) is 0. The van der Waals surface area contributed by atoms with Crippen molar-refractivity contribution < 1.29 is 9.47 Å². The molecule has 0 amide bonds. The first-order chi connectivity index (χ1) is 8.88. The van der Waals surface area contributed by atoms with Crippen LogP contribution < -0.4 is 0 Å². The SMILES string of the molecule is CCSCCC(CSCC1CO1)CSCC1CO1. The summed E-state index contributed by atoms with van der Waals surface area (Å²) in [6.07, 6.45) is 2.52. The molecule has 0 N–H and O–H groups in total. The first-order valence-corrected chi connectivity index (χ1v) is 10.3. The number of thioether (sulfide) groups is 3. The van der Waals surface area contributed by atoms with E-state index in [0.717, 1.165) is 19.1 Å². The van der Waals surface area contributed by atoms with Crippen molar-refractivity contribution in [2.45, 2.75) is 25.6 Å². The summed E-state index contributed by atoms with van der Waals surface area (Å²) in [5.41, 5.74) is 0. The Labute approximate surface area is 124 Å². The maximum Gasteiger partial charge on any atom is 0.0900 e. The number of hydrogen-bond donors (Lipinski definition) is 0. The molecule has 0 aromatic carbocycles. The Balaban J connectivity index is 1.52. The van der Waals surface area contributed by atoms with Crippen LogP contribution in [0.15, 0.2) is 0 Å². The topological polar surface area (TPSA) is 25.1 Å². The minimum atomic E-state index is 0.577. The Morgan fingerprint density at radius 1 is 1.00 bits per heavy atom. The highest BCUT2D eigenvalue weighted by Crippen LogP contribution is 2.25. The zero-order chi connectivity index (χ0) is 12.6. The van der Waals surface area contributed by atoms with Gasteiger partial charge in [-0.2, -0.15) is 35.3 Å². The summed E-state index contributed by atoms with van der Waals surface area (Å²) in [5.74, 6) is 8.46. The van der Waals surface area contributed by atoms with Crippen LogP contribution in [0, 0.1) is 5.92 Å². The number of rotatable bonds is 12. The molecule has 18 heavy (non-hydrogen) atoms. The highest BCUT2D eigenvalue weighted by atomic mass is 32.2. The lowest BCUT2D eigenvalue weighted by Gasteiger charge is -2.15. The summed E-state index contributed by atoms with van der Waals surface area (Å²) in [4.78, 5) is 0. The van der Waals surface area contributed by atoms with Gasteiger partial charge in [-0.15, -0.1) is 0 Å². The van der Waals surface area contributed by atoms with E-state index < -0.39 is 0 Å². The minimum Gasteiger partial charge on any atom is -0.372 e. The van der Waals surface area contributed by atoms with E-state index in [1.54, 1.807) is 0 Å². The minimum absolute atomic E-state index is 0.577. The summed E-state index contributed by atoms with van der Waals surface area (Å²) < 4.78 is 10.5. The van der Waals surface area contributed by atoms with E-state index in [1.807, 2.05) is 0 Å². The average Bonchev–Trinajstić information content (AvgIpc) is 3.23. The fourth-order valence-electron chi connectivity index (χ4n) is 1.67. The van der Waals surface area contributed by atoms with Gasteiger partial charge in [0.05, 0.1) is 25.4 Å². The predicted molar refractivity (Wildman–Crippen MR) is 85.2 cm³/mol.